The Labute approximate surface area is 132 Å². The van der Waals surface area contributed by atoms with Crippen molar-refractivity contribution in [1.29, 1.82) is 0 Å². The molecule has 112 valence electrons. The fourth-order valence-corrected chi connectivity index (χ4v) is 2.41. The zero-order valence-corrected chi connectivity index (χ0v) is 13.6. The molecule has 1 unspecified atom stereocenters. The Morgan fingerprint density at radius 3 is 2.52 bits per heavy atom. The Bertz CT molecular complexity index is 580. The lowest BCUT2D eigenvalue weighted by molar-refractivity contribution is 0.299. The lowest BCUT2D eigenvalue weighted by atomic mass is 10.0. The van der Waals surface area contributed by atoms with Gasteiger partial charge in [0.25, 0.3) is 0 Å². The van der Waals surface area contributed by atoms with Gasteiger partial charge in [0, 0.05) is 16.6 Å². The second kappa shape index (κ2) is 7.48. The molecule has 2 aromatic carbocycles. The van der Waals surface area contributed by atoms with Crippen LogP contribution < -0.4 is 10.1 Å². The molecule has 21 heavy (non-hydrogen) atoms. The monoisotopic (exact) mass is 303 g/mol. The van der Waals surface area contributed by atoms with Crippen LogP contribution in [0.15, 0.2) is 42.5 Å². The third kappa shape index (κ3) is 4.48. The molecule has 0 radical (unpaired) electrons. The quantitative estimate of drug-likeness (QED) is 0.819. The van der Waals surface area contributed by atoms with Crippen LogP contribution in [0, 0.1) is 6.92 Å². The second-order valence-electron chi connectivity index (χ2n) is 5.24. The van der Waals surface area contributed by atoms with Crippen LogP contribution >= 0.6 is 11.6 Å². The van der Waals surface area contributed by atoms with Gasteiger partial charge in [-0.3, -0.25) is 0 Å². The van der Waals surface area contributed by atoms with E-state index in [1.165, 1.54) is 11.1 Å². The van der Waals surface area contributed by atoms with Gasteiger partial charge in [0.2, 0.25) is 0 Å². The summed E-state index contributed by atoms with van der Waals surface area (Å²) in [7, 11) is 0. The molecule has 0 saturated heterocycles. The van der Waals surface area contributed by atoms with Crippen LogP contribution in [-0.4, -0.2) is 6.54 Å². The Balaban J connectivity index is 2.14. The Kier molecular flexibility index (Phi) is 5.66. The molecule has 0 spiro atoms. The van der Waals surface area contributed by atoms with Crippen LogP contribution in [-0.2, 0) is 6.61 Å². The summed E-state index contributed by atoms with van der Waals surface area (Å²) in [6.45, 7) is 7.83. The molecule has 1 N–H and O–H groups in total. The first-order valence-electron chi connectivity index (χ1n) is 7.31. The summed E-state index contributed by atoms with van der Waals surface area (Å²) in [5.74, 6) is 0.943. The molecule has 1 atom stereocenters. The lowest BCUT2D eigenvalue weighted by Gasteiger charge is -2.18. The van der Waals surface area contributed by atoms with E-state index in [4.69, 9.17) is 16.3 Å². The van der Waals surface area contributed by atoms with E-state index in [9.17, 15) is 0 Å². The topological polar surface area (TPSA) is 21.3 Å². The Hall–Kier alpha value is -1.51. The predicted octanol–water partition coefficient (Wildman–Crippen LogP) is 4.90. The minimum absolute atomic E-state index is 0.274. The molecule has 0 bridgehead atoms. The smallest absolute Gasteiger partial charge is 0.124 e. The van der Waals surface area contributed by atoms with Crippen molar-refractivity contribution in [2.24, 2.45) is 0 Å². The van der Waals surface area contributed by atoms with E-state index in [1.807, 2.05) is 24.3 Å². The standard InChI is InChI=1S/C18H22ClNO/c1-4-20-14(3)17-10-5-13(2)11-18(17)21-12-15-6-8-16(19)9-7-15/h5-11,14,20H,4,12H2,1-3H3. The molecule has 0 aliphatic rings. The largest absolute Gasteiger partial charge is 0.489 e. The molecule has 0 aliphatic carbocycles. The molecule has 0 saturated carbocycles. The molecule has 2 rings (SSSR count). The van der Waals surface area contributed by atoms with E-state index < -0.39 is 0 Å². The maximum atomic E-state index is 6.03. The van der Waals surface area contributed by atoms with Gasteiger partial charge in [-0.25, -0.2) is 0 Å². The van der Waals surface area contributed by atoms with Crippen molar-refractivity contribution in [2.75, 3.05) is 6.54 Å². The first-order chi connectivity index (χ1) is 10.1. The minimum atomic E-state index is 0.274. The normalized spacial score (nSPS) is 12.2. The maximum Gasteiger partial charge on any atom is 0.124 e. The van der Waals surface area contributed by atoms with E-state index in [2.05, 4.69) is 44.3 Å². The molecule has 2 nitrogen and oxygen atoms in total. The van der Waals surface area contributed by atoms with Crippen molar-refractivity contribution in [3.8, 4) is 5.75 Å². The molecule has 0 heterocycles. The summed E-state index contributed by atoms with van der Waals surface area (Å²) < 4.78 is 6.03. The highest BCUT2D eigenvalue weighted by molar-refractivity contribution is 6.30. The highest BCUT2D eigenvalue weighted by atomic mass is 35.5. The van der Waals surface area contributed by atoms with Gasteiger partial charge < -0.3 is 10.1 Å². The summed E-state index contributed by atoms with van der Waals surface area (Å²) in [5.41, 5.74) is 3.51. The SMILES string of the molecule is CCNC(C)c1ccc(C)cc1OCc1ccc(Cl)cc1. The number of hydrogen-bond acceptors (Lipinski definition) is 2. The van der Waals surface area contributed by atoms with Crippen LogP contribution in [0.1, 0.15) is 36.6 Å². The van der Waals surface area contributed by atoms with E-state index in [-0.39, 0.29) is 6.04 Å². The lowest BCUT2D eigenvalue weighted by Crippen LogP contribution is -2.18. The average molecular weight is 304 g/mol. The average Bonchev–Trinajstić information content (AvgIpc) is 2.47. The Morgan fingerprint density at radius 2 is 1.86 bits per heavy atom. The van der Waals surface area contributed by atoms with Crippen molar-refractivity contribution in [3.05, 3.63) is 64.2 Å². The van der Waals surface area contributed by atoms with Crippen LogP contribution in [0.25, 0.3) is 0 Å². The van der Waals surface area contributed by atoms with Crippen molar-refractivity contribution < 1.29 is 4.74 Å². The second-order valence-corrected chi connectivity index (χ2v) is 5.67. The van der Waals surface area contributed by atoms with Gasteiger partial charge in [-0.1, -0.05) is 42.8 Å². The summed E-state index contributed by atoms with van der Waals surface area (Å²) >= 11 is 5.90. The number of hydrogen-bond donors (Lipinski definition) is 1. The van der Waals surface area contributed by atoms with Crippen molar-refractivity contribution >= 4 is 11.6 Å². The minimum Gasteiger partial charge on any atom is -0.489 e. The molecular formula is C18H22ClNO. The third-order valence-corrected chi connectivity index (χ3v) is 3.71. The zero-order chi connectivity index (χ0) is 15.2. The number of aryl methyl sites for hydroxylation is 1. The molecular weight excluding hydrogens is 282 g/mol. The highest BCUT2D eigenvalue weighted by Gasteiger charge is 2.11. The van der Waals surface area contributed by atoms with E-state index in [1.54, 1.807) is 0 Å². The number of ether oxygens (including phenoxy) is 1. The van der Waals surface area contributed by atoms with Gasteiger partial charge in [-0.05, 0) is 49.7 Å². The molecule has 2 aromatic rings. The van der Waals surface area contributed by atoms with Gasteiger partial charge in [-0.2, -0.15) is 0 Å². The first-order valence-corrected chi connectivity index (χ1v) is 7.69. The summed E-state index contributed by atoms with van der Waals surface area (Å²) in [4.78, 5) is 0. The van der Waals surface area contributed by atoms with Gasteiger partial charge in [0.05, 0.1) is 0 Å². The summed E-state index contributed by atoms with van der Waals surface area (Å²) in [6, 6.07) is 14.4. The van der Waals surface area contributed by atoms with Crippen LogP contribution in [0.5, 0.6) is 5.75 Å². The fraction of sp³-hybridized carbons (Fsp3) is 0.333. The van der Waals surface area contributed by atoms with Crippen LogP contribution in [0.4, 0.5) is 0 Å². The van der Waals surface area contributed by atoms with Crippen molar-refractivity contribution in [3.63, 3.8) is 0 Å². The molecule has 0 aliphatic heterocycles. The third-order valence-electron chi connectivity index (χ3n) is 3.45. The van der Waals surface area contributed by atoms with Crippen LogP contribution in [0.3, 0.4) is 0 Å². The highest BCUT2D eigenvalue weighted by Crippen LogP contribution is 2.27. The molecule has 0 amide bonds. The maximum absolute atomic E-state index is 6.03. The van der Waals surface area contributed by atoms with Crippen LogP contribution in [0.2, 0.25) is 5.02 Å². The van der Waals surface area contributed by atoms with E-state index in [0.717, 1.165) is 22.9 Å². The first kappa shape index (κ1) is 15.9. The number of rotatable bonds is 6. The van der Waals surface area contributed by atoms with Gasteiger partial charge in [0.15, 0.2) is 0 Å². The molecule has 0 aromatic heterocycles. The molecule has 0 fully saturated rings. The zero-order valence-electron chi connectivity index (χ0n) is 12.8. The van der Waals surface area contributed by atoms with E-state index >= 15 is 0 Å². The summed E-state index contributed by atoms with van der Waals surface area (Å²) in [6.07, 6.45) is 0. The predicted molar refractivity (Wildman–Crippen MR) is 89.1 cm³/mol. The molecule has 3 heteroatoms. The Morgan fingerprint density at radius 1 is 1.14 bits per heavy atom. The number of nitrogens with one attached hydrogen (secondary N) is 1. The van der Waals surface area contributed by atoms with Gasteiger partial charge in [0.1, 0.15) is 12.4 Å². The number of benzene rings is 2. The summed E-state index contributed by atoms with van der Waals surface area (Å²) in [5, 5.41) is 4.18. The van der Waals surface area contributed by atoms with E-state index in [0.29, 0.717) is 6.61 Å². The van der Waals surface area contributed by atoms with Crippen molar-refractivity contribution in [1.82, 2.24) is 5.32 Å². The number of halogens is 1. The van der Waals surface area contributed by atoms with Crippen molar-refractivity contribution in [2.45, 2.75) is 33.4 Å². The van der Waals surface area contributed by atoms with Gasteiger partial charge in [-0.15, -0.1) is 0 Å². The fourth-order valence-electron chi connectivity index (χ4n) is 2.28. The van der Waals surface area contributed by atoms with Gasteiger partial charge >= 0.3 is 0 Å².